The summed E-state index contributed by atoms with van der Waals surface area (Å²) in [6, 6.07) is 11.5. The average Bonchev–Trinajstić information content (AvgIpc) is 2.55. The lowest BCUT2D eigenvalue weighted by atomic mass is 10.1. The van der Waals surface area contributed by atoms with E-state index >= 15 is 0 Å². The van der Waals surface area contributed by atoms with Gasteiger partial charge in [-0.25, -0.2) is 0 Å². The number of benzene rings is 1. The van der Waals surface area contributed by atoms with E-state index in [2.05, 4.69) is 27.8 Å². The van der Waals surface area contributed by atoms with Crippen LogP contribution in [0.4, 0.5) is 11.6 Å². The summed E-state index contributed by atoms with van der Waals surface area (Å²) in [5, 5.41) is 14.1. The molecule has 1 aromatic carbocycles. The Balaban J connectivity index is 1.83. The van der Waals surface area contributed by atoms with Crippen LogP contribution in [-0.2, 0) is 11.2 Å². The van der Waals surface area contributed by atoms with E-state index in [4.69, 9.17) is 0 Å². The zero-order chi connectivity index (χ0) is 16.5. The number of nitrogens with zero attached hydrogens (tertiary/aromatic N) is 2. The van der Waals surface area contributed by atoms with Gasteiger partial charge in [-0.2, -0.15) is 0 Å². The van der Waals surface area contributed by atoms with E-state index < -0.39 is 0 Å². The molecule has 5 heteroatoms. The molecule has 0 aliphatic rings. The molecule has 0 spiro atoms. The van der Waals surface area contributed by atoms with E-state index in [1.165, 1.54) is 12.8 Å². The predicted molar refractivity (Wildman–Crippen MR) is 93.6 cm³/mol. The Labute approximate surface area is 137 Å². The minimum atomic E-state index is -0.0859. The standard InChI is InChI=1S/C18H24N4O/c1-3-4-7-12-19-16-10-11-17(22-21-16)20-18(23)13-15-9-6-5-8-14(15)2/h5-6,8-11H,3-4,7,12-13H2,1-2H3,(H,19,21)(H,20,22,23). The maximum absolute atomic E-state index is 12.1. The molecule has 1 amide bonds. The first-order chi connectivity index (χ1) is 11.2. The van der Waals surface area contributed by atoms with Gasteiger partial charge in [-0.3, -0.25) is 4.79 Å². The minimum Gasteiger partial charge on any atom is -0.369 e. The van der Waals surface area contributed by atoms with Gasteiger partial charge >= 0.3 is 0 Å². The SMILES string of the molecule is CCCCCNc1ccc(NC(=O)Cc2ccccc2C)nn1. The molecule has 2 aromatic rings. The lowest BCUT2D eigenvalue weighted by Gasteiger charge is -2.07. The molecule has 0 fully saturated rings. The van der Waals surface area contributed by atoms with Gasteiger partial charge in [-0.05, 0) is 36.6 Å². The normalized spacial score (nSPS) is 10.3. The van der Waals surface area contributed by atoms with Crippen LogP contribution in [0.3, 0.4) is 0 Å². The van der Waals surface area contributed by atoms with E-state index in [0.29, 0.717) is 12.2 Å². The highest BCUT2D eigenvalue weighted by Crippen LogP contribution is 2.10. The van der Waals surface area contributed by atoms with Crippen LogP contribution in [0.1, 0.15) is 37.3 Å². The number of amides is 1. The summed E-state index contributed by atoms with van der Waals surface area (Å²) in [5.41, 5.74) is 2.13. The Morgan fingerprint density at radius 1 is 1.04 bits per heavy atom. The van der Waals surface area contributed by atoms with E-state index in [9.17, 15) is 4.79 Å². The Morgan fingerprint density at radius 3 is 2.48 bits per heavy atom. The molecule has 0 unspecified atom stereocenters. The van der Waals surface area contributed by atoms with Crippen LogP contribution in [0.5, 0.6) is 0 Å². The molecule has 5 nitrogen and oxygen atoms in total. The third kappa shape index (κ3) is 5.70. The number of unbranched alkanes of at least 4 members (excludes halogenated alkanes) is 2. The summed E-state index contributed by atoms with van der Waals surface area (Å²) < 4.78 is 0. The fraction of sp³-hybridized carbons (Fsp3) is 0.389. The second kappa shape index (κ2) is 8.88. The van der Waals surface area contributed by atoms with E-state index in [1.54, 1.807) is 6.07 Å². The fourth-order valence-electron chi connectivity index (χ4n) is 2.25. The predicted octanol–water partition coefficient (Wildman–Crippen LogP) is 3.57. The third-order valence-electron chi connectivity index (χ3n) is 3.63. The van der Waals surface area contributed by atoms with Crippen molar-refractivity contribution >= 4 is 17.5 Å². The fourth-order valence-corrected chi connectivity index (χ4v) is 2.25. The Hall–Kier alpha value is -2.43. The van der Waals surface area contributed by atoms with Gasteiger partial charge in [0.2, 0.25) is 5.91 Å². The number of carbonyl (C=O) groups is 1. The molecule has 0 aliphatic heterocycles. The first kappa shape index (κ1) is 16.9. The summed E-state index contributed by atoms with van der Waals surface area (Å²) in [6.45, 7) is 5.07. The first-order valence-electron chi connectivity index (χ1n) is 8.11. The maximum atomic E-state index is 12.1. The van der Waals surface area contributed by atoms with Crippen molar-refractivity contribution < 1.29 is 4.79 Å². The summed E-state index contributed by atoms with van der Waals surface area (Å²) in [5.74, 6) is 1.12. The largest absolute Gasteiger partial charge is 0.369 e. The Kier molecular flexibility index (Phi) is 6.54. The van der Waals surface area contributed by atoms with Crippen LogP contribution in [0.15, 0.2) is 36.4 Å². The molecule has 0 saturated heterocycles. The quantitative estimate of drug-likeness (QED) is 0.731. The van der Waals surface area contributed by atoms with Gasteiger partial charge in [0.15, 0.2) is 5.82 Å². The van der Waals surface area contributed by atoms with Gasteiger partial charge in [-0.1, -0.05) is 44.0 Å². The van der Waals surface area contributed by atoms with Gasteiger partial charge in [0, 0.05) is 6.54 Å². The first-order valence-corrected chi connectivity index (χ1v) is 8.11. The van der Waals surface area contributed by atoms with Gasteiger partial charge in [0.05, 0.1) is 6.42 Å². The third-order valence-corrected chi connectivity index (χ3v) is 3.63. The number of hydrogen-bond acceptors (Lipinski definition) is 4. The van der Waals surface area contributed by atoms with Crippen molar-refractivity contribution in [3.05, 3.63) is 47.5 Å². The zero-order valence-corrected chi connectivity index (χ0v) is 13.8. The molecule has 0 radical (unpaired) electrons. The number of carbonyl (C=O) groups excluding carboxylic acids is 1. The number of aryl methyl sites for hydroxylation is 1. The van der Waals surface area contributed by atoms with Crippen LogP contribution in [0.25, 0.3) is 0 Å². The van der Waals surface area contributed by atoms with E-state index in [0.717, 1.165) is 29.9 Å². The molecule has 0 bridgehead atoms. The molecule has 122 valence electrons. The van der Waals surface area contributed by atoms with Crippen LogP contribution < -0.4 is 10.6 Å². The summed E-state index contributed by atoms with van der Waals surface area (Å²) in [4.78, 5) is 12.1. The highest BCUT2D eigenvalue weighted by Gasteiger charge is 2.07. The highest BCUT2D eigenvalue weighted by atomic mass is 16.1. The summed E-state index contributed by atoms with van der Waals surface area (Å²) in [7, 11) is 0. The molecule has 2 rings (SSSR count). The second-order valence-electron chi connectivity index (χ2n) is 5.59. The lowest BCUT2D eigenvalue weighted by Crippen LogP contribution is -2.16. The number of rotatable bonds is 8. The molecule has 0 saturated carbocycles. The van der Waals surface area contributed by atoms with E-state index in [1.807, 2.05) is 37.3 Å². The van der Waals surface area contributed by atoms with Crippen molar-refractivity contribution in [2.75, 3.05) is 17.2 Å². The number of anilines is 2. The molecule has 2 N–H and O–H groups in total. The Morgan fingerprint density at radius 2 is 1.78 bits per heavy atom. The van der Waals surface area contributed by atoms with Gasteiger partial charge < -0.3 is 10.6 Å². The number of aromatic nitrogens is 2. The highest BCUT2D eigenvalue weighted by molar-refractivity contribution is 5.91. The average molecular weight is 312 g/mol. The number of nitrogens with one attached hydrogen (secondary N) is 2. The molecular weight excluding hydrogens is 288 g/mol. The summed E-state index contributed by atoms with van der Waals surface area (Å²) >= 11 is 0. The van der Waals surface area contributed by atoms with Crippen molar-refractivity contribution in [2.24, 2.45) is 0 Å². The smallest absolute Gasteiger partial charge is 0.230 e. The van der Waals surface area contributed by atoms with E-state index in [-0.39, 0.29) is 5.91 Å². The van der Waals surface area contributed by atoms with Crippen LogP contribution >= 0.6 is 0 Å². The van der Waals surface area contributed by atoms with Crippen molar-refractivity contribution in [2.45, 2.75) is 39.5 Å². The molecule has 1 heterocycles. The number of hydrogen-bond donors (Lipinski definition) is 2. The van der Waals surface area contributed by atoms with Crippen molar-refractivity contribution in [1.29, 1.82) is 0 Å². The van der Waals surface area contributed by atoms with Gasteiger partial charge in [-0.15, -0.1) is 10.2 Å². The Bertz CT molecular complexity index is 625. The van der Waals surface area contributed by atoms with Gasteiger partial charge in [0.1, 0.15) is 5.82 Å². The van der Waals surface area contributed by atoms with Crippen molar-refractivity contribution in [1.82, 2.24) is 10.2 Å². The van der Waals surface area contributed by atoms with Crippen LogP contribution in [0.2, 0.25) is 0 Å². The van der Waals surface area contributed by atoms with Crippen molar-refractivity contribution in [3.63, 3.8) is 0 Å². The summed E-state index contributed by atoms with van der Waals surface area (Å²) in [6.07, 6.45) is 3.85. The van der Waals surface area contributed by atoms with Crippen LogP contribution in [-0.4, -0.2) is 22.6 Å². The monoisotopic (exact) mass is 312 g/mol. The lowest BCUT2D eigenvalue weighted by molar-refractivity contribution is -0.115. The topological polar surface area (TPSA) is 66.9 Å². The molecule has 0 atom stereocenters. The van der Waals surface area contributed by atoms with Crippen LogP contribution in [0, 0.1) is 6.92 Å². The second-order valence-corrected chi connectivity index (χ2v) is 5.59. The molecule has 23 heavy (non-hydrogen) atoms. The zero-order valence-electron chi connectivity index (χ0n) is 13.8. The maximum Gasteiger partial charge on any atom is 0.230 e. The molecule has 0 aliphatic carbocycles. The van der Waals surface area contributed by atoms with Gasteiger partial charge in [0.25, 0.3) is 0 Å². The van der Waals surface area contributed by atoms with Crippen molar-refractivity contribution in [3.8, 4) is 0 Å². The molecular formula is C18H24N4O. The molecule has 1 aromatic heterocycles. The minimum absolute atomic E-state index is 0.0859.